The SMILES string of the molecule is COc1c(Br)c(C)cc(C)c1CNO. The van der Waals surface area contributed by atoms with Gasteiger partial charge in [0, 0.05) is 12.1 Å². The summed E-state index contributed by atoms with van der Waals surface area (Å²) in [5.74, 6) is 0.782. The van der Waals surface area contributed by atoms with E-state index in [1.807, 2.05) is 13.8 Å². The van der Waals surface area contributed by atoms with Gasteiger partial charge in [-0.25, -0.2) is 5.48 Å². The Kier molecular flexibility index (Phi) is 3.92. The molecule has 14 heavy (non-hydrogen) atoms. The molecule has 0 aliphatic carbocycles. The van der Waals surface area contributed by atoms with Gasteiger partial charge in [-0.3, -0.25) is 0 Å². The number of benzene rings is 1. The van der Waals surface area contributed by atoms with Crippen LogP contribution in [0.25, 0.3) is 0 Å². The molecule has 1 rings (SSSR count). The molecule has 0 amide bonds. The molecule has 0 aliphatic heterocycles. The van der Waals surface area contributed by atoms with Gasteiger partial charge in [-0.2, -0.15) is 0 Å². The van der Waals surface area contributed by atoms with Crippen LogP contribution in [0.3, 0.4) is 0 Å². The van der Waals surface area contributed by atoms with Crippen molar-refractivity contribution in [1.82, 2.24) is 5.48 Å². The Morgan fingerprint density at radius 3 is 2.57 bits per heavy atom. The number of aryl methyl sites for hydroxylation is 2. The van der Waals surface area contributed by atoms with Crippen molar-refractivity contribution >= 4 is 15.9 Å². The number of ether oxygens (including phenoxy) is 1. The molecule has 0 spiro atoms. The quantitative estimate of drug-likeness (QED) is 0.820. The molecule has 0 aromatic heterocycles. The van der Waals surface area contributed by atoms with Gasteiger partial charge >= 0.3 is 0 Å². The van der Waals surface area contributed by atoms with Crippen molar-refractivity contribution in [3.8, 4) is 5.75 Å². The smallest absolute Gasteiger partial charge is 0.138 e. The minimum absolute atomic E-state index is 0.383. The van der Waals surface area contributed by atoms with Crippen molar-refractivity contribution in [2.45, 2.75) is 20.4 Å². The van der Waals surface area contributed by atoms with Gasteiger partial charge in [0.25, 0.3) is 0 Å². The van der Waals surface area contributed by atoms with E-state index in [0.29, 0.717) is 6.54 Å². The molecule has 3 nitrogen and oxygen atoms in total. The maximum absolute atomic E-state index is 8.70. The van der Waals surface area contributed by atoms with Crippen LogP contribution in [0.2, 0.25) is 0 Å². The maximum Gasteiger partial charge on any atom is 0.138 e. The van der Waals surface area contributed by atoms with E-state index in [1.54, 1.807) is 7.11 Å². The molecule has 0 fully saturated rings. The van der Waals surface area contributed by atoms with Crippen LogP contribution in [-0.4, -0.2) is 12.3 Å². The van der Waals surface area contributed by atoms with E-state index in [2.05, 4.69) is 27.5 Å². The monoisotopic (exact) mass is 259 g/mol. The highest BCUT2D eigenvalue weighted by atomic mass is 79.9. The van der Waals surface area contributed by atoms with Crippen molar-refractivity contribution in [2.24, 2.45) is 0 Å². The number of methoxy groups -OCH3 is 1. The Bertz CT molecular complexity index is 339. The normalized spacial score (nSPS) is 10.4. The number of nitrogens with one attached hydrogen (secondary N) is 1. The average molecular weight is 260 g/mol. The summed E-state index contributed by atoms with van der Waals surface area (Å²) in [6.07, 6.45) is 0. The fourth-order valence-electron chi connectivity index (χ4n) is 1.48. The molecular formula is C10H14BrNO2. The highest BCUT2D eigenvalue weighted by molar-refractivity contribution is 9.10. The Balaban J connectivity index is 3.31. The lowest BCUT2D eigenvalue weighted by atomic mass is 10.0. The summed E-state index contributed by atoms with van der Waals surface area (Å²) < 4.78 is 6.23. The molecule has 2 N–H and O–H groups in total. The lowest BCUT2D eigenvalue weighted by Crippen LogP contribution is -2.10. The molecule has 0 bridgehead atoms. The Labute approximate surface area is 92.2 Å². The zero-order valence-corrected chi connectivity index (χ0v) is 10.1. The molecule has 78 valence electrons. The molecule has 0 saturated carbocycles. The third-order valence-corrected chi connectivity index (χ3v) is 3.17. The van der Waals surface area contributed by atoms with Crippen LogP contribution in [-0.2, 0) is 6.54 Å². The van der Waals surface area contributed by atoms with E-state index in [4.69, 9.17) is 9.94 Å². The van der Waals surface area contributed by atoms with Crippen LogP contribution in [0.15, 0.2) is 10.5 Å². The maximum atomic E-state index is 8.70. The second kappa shape index (κ2) is 4.77. The first kappa shape index (κ1) is 11.5. The van der Waals surface area contributed by atoms with Crippen LogP contribution in [0, 0.1) is 13.8 Å². The van der Waals surface area contributed by atoms with Crippen LogP contribution in [0.1, 0.15) is 16.7 Å². The first-order valence-corrected chi connectivity index (χ1v) is 5.10. The summed E-state index contributed by atoms with van der Waals surface area (Å²) in [6, 6.07) is 2.05. The molecule has 0 heterocycles. The van der Waals surface area contributed by atoms with Crippen molar-refractivity contribution in [2.75, 3.05) is 7.11 Å². The van der Waals surface area contributed by atoms with E-state index in [9.17, 15) is 0 Å². The highest BCUT2D eigenvalue weighted by Crippen LogP contribution is 2.34. The highest BCUT2D eigenvalue weighted by Gasteiger charge is 2.12. The lowest BCUT2D eigenvalue weighted by molar-refractivity contribution is 0.160. The first-order chi connectivity index (χ1) is 6.61. The van der Waals surface area contributed by atoms with Crippen molar-refractivity contribution in [3.63, 3.8) is 0 Å². The zero-order valence-electron chi connectivity index (χ0n) is 8.52. The largest absolute Gasteiger partial charge is 0.495 e. The van der Waals surface area contributed by atoms with E-state index >= 15 is 0 Å². The fraction of sp³-hybridized carbons (Fsp3) is 0.400. The first-order valence-electron chi connectivity index (χ1n) is 4.31. The second-order valence-electron chi connectivity index (χ2n) is 3.17. The lowest BCUT2D eigenvalue weighted by Gasteiger charge is -2.14. The van der Waals surface area contributed by atoms with Gasteiger partial charge in [0.1, 0.15) is 5.75 Å². The van der Waals surface area contributed by atoms with Gasteiger partial charge in [0.2, 0.25) is 0 Å². The summed E-state index contributed by atoms with van der Waals surface area (Å²) in [5, 5.41) is 8.70. The summed E-state index contributed by atoms with van der Waals surface area (Å²) in [6.45, 7) is 4.39. The molecule has 0 atom stereocenters. The topological polar surface area (TPSA) is 41.5 Å². The number of hydrogen-bond donors (Lipinski definition) is 2. The number of rotatable bonds is 3. The van der Waals surface area contributed by atoms with Gasteiger partial charge in [0.05, 0.1) is 11.6 Å². The molecule has 0 unspecified atom stereocenters. The molecule has 4 heteroatoms. The van der Waals surface area contributed by atoms with Crippen LogP contribution < -0.4 is 10.2 Å². The third-order valence-electron chi connectivity index (χ3n) is 2.19. The van der Waals surface area contributed by atoms with Gasteiger partial charge in [0.15, 0.2) is 0 Å². The number of hydrogen-bond acceptors (Lipinski definition) is 3. The standard InChI is InChI=1S/C10H14BrNO2/c1-6-4-7(2)9(11)10(14-3)8(6)5-12-13/h4,12-13H,5H2,1-3H3. The summed E-state index contributed by atoms with van der Waals surface area (Å²) in [4.78, 5) is 0. The minimum atomic E-state index is 0.383. The van der Waals surface area contributed by atoms with E-state index < -0.39 is 0 Å². The molecule has 0 saturated heterocycles. The number of hydroxylamine groups is 1. The molecule has 1 aromatic rings. The van der Waals surface area contributed by atoms with Crippen molar-refractivity contribution < 1.29 is 9.94 Å². The molecule has 0 aliphatic rings. The Morgan fingerprint density at radius 2 is 2.07 bits per heavy atom. The van der Waals surface area contributed by atoms with Crippen LogP contribution >= 0.6 is 15.9 Å². The number of halogens is 1. The predicted molar refractivity (Wildman–Crippen MR) is 58.8 cm³/mol. The van der Waals surface area contributed by atoms with E-state index in [-0.39, 0.29) is 0 Å². The van der Waals surface area contributed by atoms with E-state index in [1.165, 1.54) is 0 Å². The Morgan fingerprint density at radius 1 is 1.43 bits per heavy atom. The van der Waals surface area contributed by atoms with Crippen LogP contribution in [0.5, 0.6) is 5.75 Å². The van der Waals surface area contributed by atoms with Crippen LogP contribution in [0.4, 0.5) is 0 Å². The zero-order chi connectivity index (χ0) is 10.7. The average Bonchev–Trinajstić information content (AvgIpc) is 2.15. The second-order valence-corrected chi connectivity index (χ2v) is 3.96. The summed E-state index contributed by atoms with van der Waals surface area (Å²) in [5.41, 5.74) is 5.34. The van der Waals surface area contributed by atoms with E-state index in [0.717, 1.165) is 26.9 Å². The molecule has 0 radical (unpaired) electrons. The summed E-state index contributed by atoms with van der Waals surface area (Å²) >= 11 is 3.46. The predicted octanol–water partition coefficient (Wildman–Crippen LogP) is 2.55. The summed E-state index contributed by atoms with van der Waals surface area (Å²) in [7, 11) is 1.62. The third kappa shape index (κ3) is 2.08. The Hall–Kier alpha value is -0.580. The molecular weight excluding hydrogens is 246 g/mol. The van der Waals surface area contributed by atoms with Crippen molar-refractivity contribution in [1.29, 1.82) is 0 Å². The van der Waals surface area contributed by atoms with Gasteiger partial charge < -0.3 is 9.94 Å². The van der Waals surface area contributed by atoms with Gasteiger partial charge in [-0.15, -0.1) is 0 Å². The van der Waals surface area contributed by atoms with Gasteiger partial charge in [-0.1, -0.05) is 6.07 Å². The van der Waals surface area contributed by atoms with Gasteiger partial charge in [-0.05, 0) is 40.9 Å². The van der Waals surface area contributed by atoms with Crippen molar-refractivity contribution in [3.05, 3.63) is 27.2 Å². The fourth-order valence-corrected chi connectivity index (χ4v) is 1.99. The minimum Gasteiger partial charge on any atom is -0.495 e. The molecule has 1 aromatic carbocycles.